The van der Waals surface area contributed by atoms with Crippen molar-refractivity contribution >= 4 is 27.7 Å². The van der Waals surface area contributed by atoms with E-state index in [1.807, 2.05) is 19.1 Å². The number of aromatic nitrogens is 2. The van der Waals surface area contributed by atoms with Gasteiger partial charge in [-0.05, 0) is 28.9 Å². The minimum Gasteiger partial charge on any atom is -0.468 e. The van der Waals surface area contributed by atoms with Crippen LogP contribution in [0.3, 0.4) is 0 Å². The van der Waals surface area contributed by atoms with Gasteiger partial charge in [-0.2, -0.15) is 0 Å². The lowest BCUT2D eigenvalue weighted by molar-refractivity contribution is 0.527. The van der Waals surface area contributed by atoms with Gasteiger partial charge in [0, 0.05) is 6.07 Å². The van der Waals surface area contributed by atoms with E-state index < -0.39 is 0 Å². The molecule has 2 aromatic heterocycles. The van der Waals surface area contributed by atoms with E-state index in [0.717, 1.165) is 20.3 Å². The largest absolute Gasteiger partial charge is 0.468 e. The highest BCUT2D eigenvalue weighted by atomic mass is 79.9. The zero-order chi connectivity index (χ0) is 9.97. The summed E-state index contributed by atoms with van der Waals surface area (Å²) in [6.45, 7) is 1.93. The maximum absolute atomic E-state index is 5.19. The Bertz CT molecular complexity index is 444. The predicted octanol–water partition coefficient (Wildman–Crippen LogP) is 3.29. The number of nitrogens with zero attached hydrogens (tertiary/aromatic N) is 2. The minimum absolute atomic E-state index is 0.788. The summed E-state index contributed by atoms with van der Waals surface area (Å²) in [5, 5.41) is 0.899. The number of halogens is 1. The molecule has 0 radical (unpaired) electrons. The molecule has 0 unspecified atom stereocenters. The van der Waals surface area contributed by atoms with Gasteiger partial charge in [-0.15, -0.1) is 0 Å². The van der Waals surface area contributed by atoms with Crippen molar-refractivity contribution in [3.05, 3.63) is 35.1 Å². The molecule has 0 spiro atoms. The van der Waals surface area contributed by atoms with Crippen molar-refractivity contribution in [2.75, 3.05) is 0 Å². The van der Waals surface area contributed by atoms with Crippen molar-refractivity contribution in [3.8, 4) is 0 Å². The average molecular weight is 271 g/mol. The maximum Gasteiger partial charge on any atom is 0.118 e. The predicted molar refractivity (Wildman–Crippen MR) is 57.3 cm³/mol. The summed E-state index contributed by atoms with van der Waals surface area (Å²) in [5.41, 5.74) is 0. The lowest BCUT2D eigenvalue weighted by Crippen LogP contribution is -1.82. The van der Waals surface area contributed by atoms with Gasteiger partial charge in [-0.25, -0.2) is 9.97 Å². The normalized spacial score (nSPS) is 10.4. The molecule has 0 atom stereocenters. The summed E-state index contributed by atoms with van der Waals surface area (Å²) in [7, 11) is 0. The van der Waals surface area contributed by atoms with E-state index in [4.69, 9.17) is 4.42 Å². The van der Waals surface area contributed by atoms with Crippen LogP contribution in [0.2, 0.25) is 0 Å². The molecule has 0 aliphatic carbocycles. The van der Waals surface area contributed by atoms with E-state index in [2.05, 4.69) is 25.9 Å². The van der Waals surface area contributed by atoms with Crippen LogP contribution in [0.1, 0.15) is 5.76 Å². The Morgan fingerprint density at radius 3 is 2.93 bits per heavy atom. The van der Waals surface area contributed by atoms with E-state index in [1.165, 1.54) is 6.33 Å². The molecule has 0 amide bonds. The third-order valence-corrected chi connectivity index (χ3v) is 3.14. The highest BCUT2D eigenvalue weighted by Gasteiger charge is 2.04. The molecule has 0 aliphatic rings. The summed E-state index contributed by atoms with van der Waals surface area (Å²) in [4.78, 5) is 9.18. The lowest BCUT2D eigenvalue weighted by atomic mass is 10.5. The van der Waals surface area contributed by atoms with Gasteiger partial charge in [0.25, 0.3) is 0 Å². The zero-order valence-electron chi connectivity index (χ0n) is 7.40. The van der Waals surface area contributed by atoms with Gasteiger partial charge in [0.2, 0.25) is 0 Å². The van der Waals surface area contributed by atoms with Crippen LogP contribution < -0.4 is 0 Å². The second-order valence-electron chi connectivity index (χ2n) is 2.62. The molecule has 0 saturated carbocycles. The molecule has 2 aromatic rings. The van der Waals surface area contributed by atoms with Crippen LogP contribution in [-0.4, -0.2) is 9.97 Å². The first-order valence-corrected chi connectivity index (χ1v) is 5.56. The monoisotopic (exact) mass is 270 g/mol. The fourth-order valence-corrected chi connectivity index (χ4v) is 2.24. The molecule has 2 heterocycles. The van der Waals surface area contributed by atoms with E-state index in [9.17, 15) is 0 Å². The molecule has 3 nitrogen and oxygen atoms in total. The van der Waals surface area contributed by atoms with Gasteiger partial charge in [0.05, 0.1) is 11.2 Å². The van der Waals surface area contributed by atoms with Crippen LogP contribution in [0.25, 0.3) is 0 Å². The van der Waals surface area contributed by atoms with E-state index in [0.29, 0.717) is 0 Å². The Morgan fingerprint density at radius 1 is 1.43 bits per heavy atom. The molecule has 0 bridgehead atoms. The Kier molecular flexibility index (Phi) is 2.88. The standard InChI is InChI=1S/C9H7BrN2OS/c1-6-7(2-3-13-6)14-9-4-8(10)11-5-12-9/h2-5H,1H3. The number of furan rings is 1. The van der Waals surface area contributed by atoms with Gasteiger partial charge < -0.3 is 4.42 Å². The first-order chi connectivity index (χ1) is 6.75. The maximum atomic E-state index is 5.19. The van der Waals surface area contributed by atoms with Crippen LogP contribution in [0.4, 0.5) is 0 Å². The summed E-state index contributed by atoms with van der Waals surface area (Å²) >= 11 is 4.86. The number of hydrogen-bond acceptors (Lipinski definition) is 4. The van der Waals surface area contributed by atoms with E-state index in [-0.39, 0.29) is 0 Å². The first kappa shape index (κ1) is 9.73. The molecular formula is C9H7BrN2OS. The Hall–Kier alpha value is -0.810. The first-order valence-electron chi connectivity index (χ1n) is 3.95. The zero-order valence-corrected chi connectivity index (χ0v) is 9.80. The quantitative estimate of drug-likeness (QED) is 0.785. The highest BCUT2D eigenvalue weighted by Crippen LogP contribution is 2.29. The second kappa shape index (κ2) is 4.14. The van der Waals surface area contributed by atoms with Crippen molar-refractivity contribution in [3.63, 3.8) is 0 Å². The van der Waals surface area contributed by atoms with Crippen LogP contribution in [0.5, 0.6) is 0 Å². The summed E-state index contributed by atoms with van der Waals surface area (Å²) in [5.74, 6) is 0.907. The third-order valence-electron chi connectivity index (χ3n) is 1.63. The van der Waals surface area contributed by atoms with Crippen LogP contribution in [0, 0.1) is 6.92 Å². The molecule has 0 aliphatic heterocycles. The third kappa shape index (κ3) is 2.16. The fraction of sp³-hybridized carbons (Fsp3) is 0.111. The Balaban J connectivity index is 2.23. The van der Waals surface area contributed by atoms with Gasteiger partial charge >= 0.3 is 0 Å². The van der Waals surface area contributed by atoms with Crippen molar-refractivity contribution in [2.45, 2.75) is 16.8 Å². The van der Waals surface area contributed by atoms with Crippen molar-refractivity contribution in [1.82, 2.24) is 9.97 Å². The lowest BCUT2D eigenvalue weighted by Gasteiger charge is -1.98. The molecular weight excluding hydrogens is 264 g/mol. The molecule has 2 rings (SSSR count). The summed E-state index contributed by atoms with van der Waals surface area (Å²) < 4.78 is 5.98. The van der Waals surface area contributed by atoms with Gasteiger partial charge in [-0.1, -0.05) is 11.8 Å². The molecule has 14 heavy (non-hydrogen) atoms. The SMILES string of the molecule is Cc1occc1Sc1cc(Br)ncn1. The summed E-state index contributed by atoms with van der Waals surface area (Å²) in [6, 6.07) is 3.80. The Labute approximate surface area is 94.1 Å². The molecule has 0 N–H and O–H groups in total. The van der Waals surface area contributed by atoms with Crippen LogP contribution in [0.15, 0.2) is 43.7 Å². The summed E-state index contributed by atoms with van der Waals surface area (Å²) in [6.07, 6.45) is 3.20. The van der Waals surface area contributed by atoms with E-state index in [1.54, 1.807) is 18.0 Å². The molecule has 0 fully saturated rings. The smallest absolute Gasteiger partial charge is 0.118 e. The molecule has 5 heteroatoms. The van der Waals surface area contributed by atoms with Gasteiger partial charge in [0.1, 0.15) is 21.7 Å². The highest BCUT2D eigenvalue weighted by molar-refractivity contribution is 9.10. The Morgan fingerprint density at radius 2 is 2.29 bits per heavy atom. The van der Waals surface area contributed by atoms with Crippen molar-refractivity contribution in [2.24, 2.45) is 0 Å². The number of hydrogen-bond donors (Lipinski definition) is 0. The van der Waals surface area contributed by atoms with Gasteiger partial charge in [0.15, 0.2) is 0 Å². The molecule has 0 saturated heterocycles. The second-order valence-corrected chi connectivity index (χ2v) is 4.50. The fourth-order valence-electron chi connectivity index (χ4n) is 0.965. The molecule has 72 valence electrons. The minimum atomic E-state index is 0.788. The van der Waals surface area contributed by atoms with Crippen molar-refractivity contribution in [1.29, 1.82) is 0 Å². The van der Waals surface area contributed by atoms with Crippen LogP contribution in [-0.2, 0) is 0 Å². The topological polar surface area (TPSA) is 38.9 Å². The molecule has 0 aromatic carbocycles. The number of aryl methyl sites for hydroxylation is 1. The van der Waals surface area contributed by atoms with Gasteiger partial charge in [-0.3, -0.25) is 0 Å². The average Bonchev–Trinajstić information content (AvgIpc) is 2.52. The van der Waals surface area contributed by atoms with Crippen molar-refractivity contribution < 1.29 is 4.42 Å². The van der Waals surface area contributed by atoms with Crippen LogP contribution >= 0.6 is 27.7 Å². The van der Waals surface area contributed by atoms with E-state index >= 15 is 0 Å². The number of rotatable bonds is 2.